The lowest BCUT2D eigenvalue weighted by atomic mass is 10.1. The van der Waals surface area contributed by atoms with Crippen molar-refractivity contribution in [1.82, 2.24) is 19.7 Å². The summed E-state index contributed by atoms with van der Waals surface area (Å²) in [6.45, 7) is 6.05. The lowest BCUT2D eigenvalue weighted by Crippen LogP contribution is -2.19. The van der Waals surface area contributed by atoms with Crippen LogP contribution >= 0.6 is 0 Å². The molecule has 0 unspecified atom stereocenters. The normalized spacial score (nSPS) is 11.1. The van der Waals surface area contributed by atoms with Crippen molar-refractivity contribution in [3.8, 4) is 11.3 Å². The molecule has 30 heavy (non-hydrogen) atoms. The summed E-state index contributed by atoms with van der Waals surface area (Å²) in [4.78, 5) is 20.7. The first-order chi connectivity index (χ1) is 14.4. The fourth-order valence-electron chi connectivity index (χ4n) is 3.29. The molecule has 2 aromatic carbocycles. The second kappa shape index (κ2) is 7.82. The topological polar surface area (TPSA) is 111 Å². The van der Waals surface area contributed by atoms with Gasteiger partial charge in [-0.15, -0.1) is 0 Å². The van der Waals surface area contributed by atoms with Gasteiger partial charge in [0.05, 0.1) is 5.39 Å². The van der Waals surface area contributed by atoms with E-state index >= 15 is 0 Å². The van der Waals surface area contributed by atoms with Crippen molar-refractivity contribution in [2.45, 2.75) is 26.8 Å². The van der Waals surface area contributed by atoms with Crippen molar-refractivity contribution in [1.29, 1.82) is 0 Å². The van der Waals surface area contributed by atoms with Crippen LogP contribution in [0.25, 0.3) is 22.3 Å². The number of carbonyl (C=O) groups is 1. The van der Waals surface area contributed by atoms with Gasteiger partial charge in [0.1, 0.15) is 17.8 Å². The van der Waals surface area contributed by atoms with Gasteiger partial charge in [-0.05, 0) is 50.6 Å². The second-order valence-electron chi connectivity index (χ2n) is 7.37. The zero-order chi connectivity index (χ0) is 21.3. The number of hydrogen-bond donors (Lipinski definition) is 3. The van der Waals surface area contributed by atoms with Gasteiger partial charge in [0, 0.05) is 23.0 Å². The van der Waals surface area contributed by atoms with Crippen LogP contribution in [0.5, 0.6) is 0 Å². The first-order valence-electron chi connectivity index (χ1n) is 9.66. The molecular formula is C22H23N7O. The lowest BCUT2D eigenvalue weighted by Gasteiger charge is -2.09. The number of nitrogens with one attached hydrogen (secondary N) is 2. The minimum Gasteiger partial charge on any atom is -0.383 e. The molecule has 152 valence electrons. The van der Waals surface area contributed by atoms with E-state index in [1.807, 2.05) is 74.0 Å². The molecule has 0 aliphatic rings. The summed E-state index contributed by atoms with van der Waals surface area (Å²) >= 11 is 0. The highest BCUT2D eigenvalue weighted by atomic mass is 16.2. The third-order valence-corrected chi connectivity index (χ3v) is 4.70. The van der Waals surface area contributed by atoms with E-state index in [2.05, 4.69) is 20.6 Å². The Morgan fingerprint density at radius 1 is 1.03 bits per heavy atom. The number of nitrogen functional groups attached to an aromatic ring is 1. The van der Waals surface area contributed by atoms with Crippen LogP contribution < -0.4 is 16.4 Å². The summed E-state index contributed by atoms with van der Waals surface area (Å²) in [7, 11) is 0. The molecule has 4 aromatic rings. The van der Waals surface area contributed by atoms with Crippen LogP contribution in [-0.2, 0) is 0 Å². The number of nitrogens with zero attached hydrogens (tertiary/aromatic N) is 4. The highest BCUT2D eigenvalue weighted by Crippen LogP contribution is 2.32. The molecule has 0 aliphatic heterocycles. The van der Waals surface area contributed by atoms with Crippen LogP contribution in [0, 0.1) is 6.92 Å². The monoisotopic (exact) mass is 401 g/mol. The summed E-state index contributed by atoms with van der Waals surface area (Å²) in [6, 6.07) is 14.9. The SMILES string of the molecule is Cc1cccc(NC(=O)Nc2ccc(-c3nn(C(C)C)c4ncnc(N)c34)cc2)c1. The third-order valence-electron chi connectivity index (χ3n) is 4.70. The highest BCUT2D eigenvalue weighted by Gasteiger charge is 2.18. The molecule has 2 heterocycles. The number of amides is 2. The fraction of sp³-hybridized carbons (Fsp3) is 0.182. The van der Waals surface area contributed by atoms with Gasteiger partial charge in [0.15, 0.2) is 5.65 Å². The van der Waals surface area contributed by atoms with Crippen LogP contribution in [0.2, 0.25) is 0 Å². The highest BCUT2D eigenvalue weighted by molar-refractivity contribution is 6.01. The van der Waals surface area contributed by atoms with Crippen molar-refractivity contribution in [2.24, 2.45) is 0 Å². The number of rotatable bonds is 4. The molecule has 0 spiro atoms. The Balaban J connectivity index is 1.58. The van der Waals surface area contributed by atoms with Crippen LogP contribution in [0.1, 0.15) is 25.5 Å². The molecule has 0 bridgehead atoms. The van der Waals surface area contributed by atoms with Crippen LogP contribution in [0.4, 0.5) is 22.0 Å². The average molecular weight is 401 g/mol. The Labute approximate surface area is 174 Å². The summed E-state index contributed by atoms with van der Waals surface area (Å²) in [6.07, 6.45) is 1.45. The van der Waals surface area contributed by atoms with Crippen molar-refractivity contribution >= 4 is 34.3 Å². The summed E-state index contributed by atoms with van der Waals surface area (Å²) in [5, 5.41) is 11.1. The standard InChI is InChI=1S/C22H23N7O/c1-13(2)29-21-18(20(23)24-12-25-21)19(28-29)15-7-9-16(10-8-15)26-22(30)27-17-6-4-5-14(3)11-17/h4-13H,1-3H3,(H2,23,24,25)(H2,26,27,30). The molecule has 0 fully saturated rings. The number of benzene rings is 2. The van der Waals surface area contributed by atoms with Gasteiger partial charge < -0.3 is 16.4 Å². The maximum absolute atomic E-state index is 12.3. The maximum atomic E-state index is 12.3. The molecule has 0 saturated carbocycles. The van der Waals surface area contributed by atoms with Crippen molar-refractivity contribution in [2.75, 3.05) is 16.4 Å². The summed E-state index contributed by atoms with van der Waals surface area (Å²) in [5.41, 5.74) is 10.9. The number of nitrogens with two attached hydrogens (primary N) is 1. The molecule has 0 aliphatic carbocycles. The van der Waals surface area contributed by atoms with Gasteiger partial charge in [-0.3, -0.25) is 0 Å². The summed E-state index contributed by atoms with van der Waals surface area (Å²) < 4.78 is 1.84. The largest absolute Gasteiger partial charge is 0.383 e. The van der Waals surface area contributed by atoms with Crippen LogP contribution in [-0.4, -0.2) is 25.8 Å². The average Bonchev–Trinajstić information content (AvgIpc) is 3.10. The molecular weight excluding hydrogens is 378 g/mol. The minimum absolute atomic E-state index is 0.127. The molecule has 2 amide bonds. The van der Waals surface area contributed by atoms with Gasteiger partial charge in [-0.1, -0.05) is 24.3 Å². The third kappa shape index (κ3) is 3.80. The van der Waals surface area contributed by atoms with Gasteiger partial charge in [0.25, 0.3) is 0 Å². The van der Waals surface area contributed by atoms with Crippen molar-refractivity contribution in [3.63, 3.8) is 0 Å². The Bertz CT molecular complexity index is 1210. The van der Waals surface area contributed by atoms with E-state index in [0.717, 1.165) is 22.2 Å². The second-order valence-corrected chi connectivity index (χ2v) is 7.37. The first-order valence-corrected chi connectivity index (χ1v) is 9.66. The fourth-order valence-corrected chi connectivity index (χ4v) is 3.29. The quantitative estimate of drug-likeness (QED) is 0.462. The maximum Gasteiger partial charge on any atom is 0.323 e. The number of fused-ring (bicyclic) bond motifs is 1. The smallest absolute Gasteiger partial charge is 0.323 e. The Morgan fingerprint density at radius 3 is 2.47 bits per heavy atom. The van der Waals surface area contributed by atoms with E-state index in [-0.39, 0.29) is 12.1 Å². The Hall–Kier alpha value is -3.94. The van der Waals surface area contributed by atoms with E-state index in [9.17, 15) is 4.79 Å². The molecule has 0 saturated heterocycles. The van der Waals surface area contributed by atoms with Crippen LogP contribution in [0.3, 0.4) is 0 Å². The molecule has 8 heteroatoms. The predicted octanol–water partition coefficient (Wildman–Crippen LogP) is 4.61. The van der Waals surface area contributed by atoms with E-state index in [4.69, 9.17) is 10.8 Å². The van der Waals surface area contributed by atoms with E-state index in [0.29, 0.717) is 22.8 Å². The number of anilines is 3. The number of hydrogen-bond acceptors (Lipinski definition) is 5. The van der Waals surface area contributed by atoms with Gasteiger partial charge in [-0.2, -0.15) is 5.10 Å². The van der Waals surface area contributed by atoms with Crippen molar-refractivity contribution < 1.29 is 4.79 Å². The van der Waals surface area contributed by atoms with Gasteiger partial charge >= 0.3 is 6.03 Å². The lowest BCUT2D eigenvalue weighted by molar-refractivity contribution is 0.262. The number of aromatic nitrogens is 4. The number of carbonyl (C=O) groups excluding carboxylic acids is 1. The van der Waals surface area contributed by atoms with Gasteiger partial charge in [-0.25, -0.2) is 19.4 Å². The predicted molar refractivity (Wildman–Crippen MR) is 119 cm³/mol. The molecule has 4 N–H and O–H groups in total. The number of aryl methyl sites for hydroxylation is 1. The molecule has 2 aromatic heterocycles. The van der Waals surface area contributed by atoms with Crippen molar-refractivity contribution in [3.05, 3.63) is 60.4 Å². The Kier molecular flexibility index (Phi) is 5.05. The van der Waals surface area contributed by atoms with E-state index < -0.39 is 0 Å². The molecule has 0 atom stereocenters. The summed E-state index contributed by atoms with van der Waals surface area (Å²) in [5.74, 6) is 0.390. The van der Waals surface area contributed by atoms with Gasteiger partial charge in [0.2, 0.25) is 0 Å². The number of urea groups is 1. The molecule has 8 nitrogen and oxygen atoms in total. The van der Waals surface area contributed by atoms with E-state index in [1.165, 1.54) is 6.33 Å². The zero-order valence-corrected chi connectivity index (χ0v) is 17.0. The zero-order valence-electron chi connectivity index (χ0n) is 17.0. The van der Waals surface area contributed by atoms with E-state index in [1.54, 1.807) is 0 Å². The minimum atomic E-state index is -0.305. The Morgan fingerprint density at radius 2 is 1.77 bits per heavy atom. The van der Waals surface area contributed by atoms with Crippen LogP contribution in [0.15, 0.2) is 54.9 Å². The molecule has 0 radical (unpaired) electrons. The molecule has 4 rings (SSSR count). The first kappa shape index (κ1) is 19.4.